The zero-order valence-corrected chi connectivity index (χ0v) is 20.1. The summed E-state index contributed by atoms with van der Waals surface area (Å²) in [7, 11) is 0. The molecule has 0 atom stereocenters. The van der Waals surface area contributed by atoms with Crippen molar-refractivity contribution in [2.24, 2.45) is 11.7 Å². The highest BCUT2D eigenvalue weighted by molar-refractivity contribution is 5.85. The van der Waals surface area contributed by atoms with Crippen LogP contribution in [0.5, 0.6) is 0 Å². The summed E-state index contributed by atoms with van der Waals surface area (Å²) >= 11 is 0. The Labute approximate surface area is 197 Å². The van der Waals surface area contributed by atoms with Gasteiger partial charge in [-0.05, 0) is 57.2 Å². The molecule has 1 aromatic rings. The first-order valence-corrected chi connectivity index (χ1v) is 10.8. The lowest BCUT2D eigenvalue weighted by molar-refractivity contribution is -0.153. The van der Waals surface area contributed by atoms with E-state index in [4.69, 9.17) is 10.5 Å². The molecule has 1 saturated heterocycles. The van der Waals surface area contributed by atoms with Crippen LogP contribution in [0.15, 0.2) is 24.3 Å². The summed E-state index contributed by atoms with van der Waals surface area (Å²) in [6, 6.07) is 8.47. The fraction of sp³-hybridized carbons (Fsp3) is 0.636. The van der Waals surface area contributed by atoms with E-state index in [1.807, 2.05) is 18.7 Å². The van der Waals surface area contributed by atoms with E-state index >= 15 is 0 Å². The maximum atomic E-state index is 12.6. The number of halogens is 2. The monoisotopic (exact) mass is 474 g/mol. The molecule has 1 heterocycles. The molecular formula is C22H36Cl2N4O3. The lowest BCUT2D eigenvalue weighted by Crippen LogP contribution is -2.54. The number of esters is 1. The predicted molar refractivity (Wildman–Crippen MR) is 128 cm³/mol. The summed E-state index contributed by atoms with van der Waals surface area (Å²) in [4.78, 5) is 28.9. The van der Waals surface area contributed by atoms with Gasteiger partial charge in [-0.1, -0.05) is 12.1 Å². The molecule has 2 aliphatic rings. The number of hydrogen-bond acceptors (Lipinski definition) is 5. The minimum Gasteiger partial charge on any atom is -0.463 e. The van der Waals surface area contributed by atoms with Gasteiger partial charge in [-0.15, -0.1) is 24.8 Å². The van der Waals surface area contributed by atoms with Gasteiger partial charge in [-0.25, -0.2) is 4.79 Å². The number of piperazine rings is 1. The summed E-state index contributed by atoms with van der Waals surface area (Å²) in [5.41, 5.74) is 7.96. The molecule has 7 nitrogen and oxygen atoms in total. The third-order valence-corrected chi connectivity index (χ3v) is 5.84. The Balaban J connectivity index is 0.00000240. The average Bonchev–Trinajstić information content (AvgIpc) is 2.74. The molecule has 1 aliphatic carbocycles. The van der Waals surface area contributed by atoms with Crippen molar-refractivity contribution in [3.05, 3.63) is 29.8 Å². The Morgan fingerprint density at radius 1 is 1.03 bits per heavy atom. The Morgan fingerprint density at radius 3 is 2.13 bits per heavy atom. The van der Waals surface area contributed by atoms with E-state index in [-0.39, 0.29) is 54.9 Å². The van der Waals surface area contributed by atoms with Gasteiger partial charge in [-0.2, -0.15) is 0 Å². The second-order valence-corrected chi connectivity index (χ2v) is 8.33. The van der Waals surface area contributed by atoms with Gasteiger partial charge in [0.15, 0.2) is 0 Å². The maximum absolute atomic E-state index is 12.6. The van der Waals surface area contributed by atoms with Crippen LogP contribution < -0.4 is 16.0 Å². The molecule has 0 aromatic heterocycles. The molecule has 1 aromatic carbocycles. The number of rotatable bonds is 5. The SMILES string of the molecule is CC(C)OC(=O)[C@H]1CC[C@H](NC(=O)N2CCN(c3ccc(CN)cc3)CC2)CC1.Cl.Cl. The zero-order valence-electron chi connectivity index (χ0n) is 18.4. The van der Waals surface area contributed by atoms with Crippen molar-refractivity contribution >= 4 is 42.5 Å². The number of hydrogen-bond donors (Lipinski definition) is 2. The van der Waals surface area contributed by atoms with Crippen molar-refractivity contribution in [2.45, 2.75) is 58.2 Å². The average molecular weight is 475 g/mol. The first-order chi connectivity index (χ1) is 14.0. The third kappa shape index (κ3) is 7.74. The van der Waals surface area contributed by atoms with E-state index in [0.29, 0.717) is 19.6 Å². The number of carbonyl (C=O) groups excluding carboxylic acids is 2. The van der Waals surface area contributed by atoms with Gasteiger partial charge in [0.05, 0.1) is 12.0 Å². The number of nitrogens with one attached hydrogen (secondary N) is 1. The van der Waals surface area contributed by atoms with Crippen molar-refractivity contribution in [3.8, 4) is 0 Å². The molecular weight excluding hydrogens is 439 g/mol. The number of anilines is 1. The zero-order chi connectivity index (χ0) is 20.8. The lowest BCUT2D eigenvalue weighted by Gasteiger charge is -2.37. The molecule has 3 N–H and O–H groups in total. The molecule has 176 valence electrons. The molecule has 0 bridgehead atoms. The maximum Gasteiger partial charge on any atom is 0.317 e. The molecule has 31 heavy (non-hydrogen) atoms. The fourth-order valence-electron chi connectivity index (χ4n) is 4.08. The molecule has 1 saturated carbocycles. The van der Waals surface area contributed by atoms with Gasteiger partial charge in [0, 0.05) is 44.5 Å². The minimum atomic E-state index is -0.0969. The first-order valence-electron chi connectivity index (χ1n) is 10.8. The largest absolute Gasteiger partial charge is 0.463 e. The highest BCUT2D eigenvalue weighted by Crippen LogP contribution is 2.26. The normalized spacial score (nSPS) is 21.0. The first kappa shape index (κ1) is 27.3. The van der Waals surface area contributed by atoms with E-state index in [9.17, 15) is 9.59 Å². The standard InChI is InChI=1S/C22H34N4O3.2ClH/c1-16(2)29-21(27)18-5-7-19(8-6-18)24-22(28)26-13-11-25(12-14-26)20-9-3-17(15-23)4-10-20;;/h3-4,9-10,16,18-19H,5-8,11-15,23H2,1-2H3,(H,24,28);2*1H/t18-,19-;;. The Kier molecular flexibility index (Phi) is 11.5. The Hall–Kier alpha value is -1.70. The van der Waals surface area contributed by atoms with Crippen LogP contribution in [0.3, 0.4) is 0 Å². The third-order valence-electron chi connectivity index (χ3n) is 5.84. The number of carbonyl (C=O) groups is 2. The van der Waals surface area contributed by atoms with Crippen LogP contribution in [0.2, 0.25) is 0 Å². The Morgan fingerprint density at radius 2 is 1.61 bits per heavy atom. The molecule has 0 spiro atoms. The van der Waals surface area contributed by atoms with Gasteiger partial charge in [0.1, 0.15) is 0 Å². The van der Waals surface area contributed by atoms with Crippen LogP contribution >= 0.6 is 24.8 Å². The fourth-order valence-corrected chi connectivity index (χ4v) is 4.08. The summed E-state index contributed by atoms with van der Waals surface area (Å²) in [6.45, 7) is 7.36. The summed E-state index contributed by atoms with van der Waals surface area (Å²) in [5.74, 6) is -0.125. The van der Waals surface area contributed by atoms with E-state index in [1.54, 1.807) is 0 Å². The Bertz CT molecular complexity index is 687. The van der Waals surface area contributed by atoms with E-state index in [1.165, 1.54) is 5.69 Å². The van der Waals surface area contributed by atoms with E-state index < -0.39 is 0 Å². The quantitative estimate of drug-likeness (QED) is 0.638. The number of ether oxygens (including phenoxy) is 1. The number of nitrogens with two attached hydrogens (primary N) is 1. The molecule has 2 fully saturated rings. The predicted octanol–water partition coefficient (Wildman–Crippen LogP) is 3.33. The number of benzene rings is 1. The molecule has 1 aliphatic heterocycles. The van der Waals surface area contributed by atoms with Crippen molar-refractivity contribution in [1.29, 1.82) is 0 Å². The summed E-state index contributed by atoms with van der Waals surface area (Å²) in [5, 5.41) is 3.16. The van der Waals surface area contributed by atoms with Crippen molar-refractivity contribution in [2.75, 3.05) is 31.1 Å². The van der Waals surface area contributed by atoms with Gasteiger partial charge in [0.25, 0.3) is 0 Å². The number of nitrogens with zero attached hydrogens (tertiary/aromatic N) is 2. The van der Waals surface area contributed by atoms with E-state index in [2.05, 4.69) is 34.5 Å². The van der Waals surface area contributed by atoms with Crippen molar-refractivity contribution in [1.82, 2.24) is 10.2 Å². The number of amides is 2. The number of urea groups is 1. The molecule has 3 rings (SSSR count). The molecule has 2 amide bonds. The van der Waals surface area contributed by atoms with Crippen LogP contribution in [-0.2, 0) is 16.1 Å². The lowest BCUT2D eigenvalue weighted by atomic mass is 9.86. The second kappa shape index (κ2) is 13.0. The van der Waals surface area contributed by atoms with Gasteiger partial charge < -0.3 is 25.6 Å². The van der Waals surface area contributed by atoms with Gasteiger partial charge in [-0.3, -0.25) is 4.79 Å². The summed E-state index contributed by atoms with van der Waals surface area (Å²) in [6.07, 6.45) is 3.15. The smallest absolute Gasteiger partial charge is 0.317 e. The van der Waals surface area contributed by atoms with Gasteiger partial charge >= 0.3 is 12.0 Å². The van der Waals surface area contributed by atoms with E-state index in [0.717, 1.165) is 44.3 Å². The van der Waals surface area contributed by atoms with Crippen LogP contribution in [0.25, 0.3) is 0 Å². The molecule has 0 radical (unpaired) electrons. The van der Waals surface area contributed by atoms with Gasteiger partial charge in [0.2, 0.25) is 0 Å². The second-order valence-electron chi connectivity index (χ2n) is 8.33. The van der Waals surface area contributed by atoms with Crippen molar-refractivity contribution in [3.63, 3.8) is 0 Å². The minimum absolute atomic E-state index is 0. The van der Waals surface area contributed by atoms with Crippen LogP contribution in [0.1, 0.15) is 45.1 Å². The van der Waals surface area contributed by atoms with Crippen molar-refractivity contribution < 1.29 is 14.3 Å². The topological polar surface area (TPSA) is 87.9 Å². The molecule has 9 heteroatoms. The highest BCUT2D eigenvalue weighted by atomic mass is 35.5. The van der Waals surface area contributed by atoms with Crippen LogP contribution in [0, 0.1) is 5.92 Å². The highest BCUT2D eigenvalue weighted by Gasteiger charge is 2.30. The molecule has 0 unspecified atom stereocenters. The summed E-state index contributed by atoms with van der Waals surface area (Å²) < 4.78 is 5.32. The van der Waals surface area contributed by atoms with Crippen LogP contribution in [-0.4, -0.2) is 55.2 Å². The van der Waals surface area contributed by atoms with Crippen LogP contribution in [0.4, 0.5) is 10.5 Å².